The molecule has 0 amide bonds. The fourth-order valence-electron chi connectivity index (χ4n) is 8.88. The lowest BCUT2D eigenvalue weighted by molar-refractivity contribution is 0.747. The Kier molecular flexibility index (Phi) is 7.63. The zero-order valence-electron chi connectivity index (χ0n) is 30.7. The smallest absolute Gasteiger partial charge is 0.138 e. The topological polar surface area (TPSA) is 21.1 Å². The van der Waals surface area contributed by atoms with Crippen LogP contribution < -0.4 is 4.90 Å². The molecule has 2 aromatic heterocycles. The van der Waals surface area contributed by atoms with E-state index in [9.17, 15) is 0 Å². The Labute approximate surface area is 326 Å². The molecule has 0 saturated carbocycles. The van der Waals surface area contributed by atoms with E-state index in [2.05, 4.69) is 222 Å². The molecule has 1 aliphatic heterocycles. The van der Waals surface area contributed by atoms with Gasteiger partial charge in [0.25, 0.3) is 0 Å². The summed E-state index contributed by atoms with van der Waals surface area (Å²) in [7, 11) is 0. The molecule has 7 aromatic carbocycles. The van der Waals surface area contributed by atoms with E-state index < -0.39 is 0 Å². The second kappa shape index (κ2) is 13.3. The van der Waals surface area contributed by atoms with Gasteiger partial charge in [0.15, 0.2) is 0 Å². The average Bonchev–Trinajstić information content (AvgIpc) is 3.79. The Morgan fingerprint density at radius 1 is 0.446 bits per heavy atom. The second-order valence-corrected chi connectivity index (χ2v) is 14.8. The summed E-state index contributed by atoms with van der Waals surface area (Å²) in [4.78, 5) is 7.85. The van der Waals surface area contributed by atoms with Gasteiger partial charge in [-0.3, -0.25) is 4.57 Å². The molecule has 11 rings (SSSR count). The van der Waals surface area contributed by atoms with Gasteiger partial charge in [-0.05, 0) is 93.6 Å². The maximum absolute atomic E-state index is 5.34. The van der Waals surface area contributed by atoms with E-state index in [-0.39, 0.29) is 12.0 Å². The van der Waals surface area contributed by atoms with Crippen LogP contribution in [-0.4, -0.2) is 15.6 Å². The lowest BCUT2D eigenvalue weighted by Gasteiger charge is -2.29. The highest BCUT2D eigenvalue weighted by Gasteiger charge is 2.38. The molecule has 3 nitrogen and oxygen atoms in total. The molecule has 0 radical (unpaired) electrons. The third-order valence-electron chi connectivity index (χ3n) is 11.5. The lowest BCUT2D eigenvalue weighted by atomic mass is 9.85. The fourth-order valence-corrected chi connectivity index (χ4v) is 8.88. The summed E-state index contributed by atoms with van der Waals surface area (Å²) in [5.74, 6) is 1.11. The Hall–Kier alpha value is -7.23. The van der Waals surface area contributed by atoms with Crippen molar-refractivity contribution in [3.8, 4) is 39.3 Å². The largest absolute Gasteiger partial charge is 0.333 e. The summed E-state index contributed by atoms with van der Waals surface area (Å²) in [5, 5.41) is 2.43. The number of aromatic nitrogens is 2. The van der Waals surface area contributed by atoms with Gasteiger partial charge < -0.3 is 4.90 Å². The summed E-state index contributed by atoms with van der Waals surface area (Å²) < 4.78 is 2.34. The molecule has 3 heteroatoms. The van der Waals surface area contributed by atoms with Crippen molar-refractivity contribution in [2.24, 2.45) is 0 Å². The van der Waals surface area contributed by atoms with Crippen molar-refractivity contribution in [1.29, 1.82) is 0 Å². The minimum absolute atomic E-state index is 0.189. The number of allylic oxidation sites excluding steroid dienone is 2. The average molecular weight is 716 g/mol. The SMILES string of the molecule is C1=CC2C(C=C1c1ccc3c(c1)c1ccccc1n3-c1cc(-c3ccccc3)cc(-c3ccccc3)n1)c1cc(-c3ccccc3)ccc1N2c1ccccc1. The molecular formula is C53H37N3. The highest BCUT2D eigenvalue weighted by molar-refractivity contribution is 6.10. The minimum atomic E-state index is 0.189. The van der Waals surface area contributed by atoms with E-state index in [1.165, 1.54) is 55.5 Å². The molecular weight excluding hydrogens is 679 g/mol. The van der Waals surface area contributed by atoms with Crippen LogP contribution in [0.1, 0.15) is 17.0 Å². The number of fused-ring (bicyclic) bond motifs is 6. The van der Waals surface area contributed by atoms with E-state index in [1.807, 2.05) is 0 Å². The van der Waals surface area contributed by atoms with Crippen LogP contribution in [0.2, 0.25) is 0 Å². The summed E-state index contributed by atoms with van der Waals surface area (Å²) in [6, 6.07) is 70.0. The van der Waals surface area contributed by atoms with E-state index in [4.69, 9.17) is 4.98 Å². The zero-order chi connectivity index (χ0) is 37.0. The molecule has 3 heterocycles. The van der Waals surface area contributed by atoms with Crippen molar-refractivity contribution in [3.63, 3.8) is 0 Å². The first-order valence-electron chi connectivity index (χ1n) is 19.4. The van der Waals surface area contributed by atoms with Gasteiger partial charge in [0.2, 0.25) is 0 Å². The predicted octanol–water partition coefficient (Wildman–Crippen LogP) is 13.4. The molecule has 2 aliphatic rings. The first kappa shape index (κ1) is 32.2. The Morgan fingerprint density at radius 2 is 1.07 bits per heavy atom. The number of benzene rings is 7. The Morgan fingerprint density at radius 3 is 1.82 bits per heavy atom. The van der Waals surface area contributed by atoms with Gasteiger partial charge in [0.05, 0.1) is 22.8 Å². The number of para-hydroxylation sites is 2. The van der Waals surface area contributed by atoms with Crippen LogP contribution in [0.15, 0.2) is 212 Å². The Bertz CT molecular complexity index is 2900. The number of anilines is 2. The minimum Gasteiger partial charge on any atom is -0.333 e. The van der Waals surface area contributed by atoms with Crippen LogP contribution >= 0.6 is 0 Å². The van der Waals surface area contributed by atoms with Crippen LogP contribution in [0.3, 0.4) is 0 Å². The standard InChI is InChI=1S/C53H37N3/c1-5-15-36(16-6-1)39-25-28-50-46(31-39)47-33-41(26-29-51(47)55(50)43-21-11-4-12-22-43)40-27-30-52-45(32-40)44-23-13-14-24-49(44)56(52)53-35-42(37-17-7-2-8-18-37)34-48(54-53)38-19-9-3-10-20-38/h1-35,47,51H. The lowest BCUT2D eigenvalue weighted by Crippen LogP contribution is -2.28. The zero-order valence-corrected chi connectivity index (χ0v) is 30.7. The van der Waals surface area contributed by atoms with Crippen molar-refractivity contribution in [3.05, 3.63) is 223 Å². The molecule has 264 valence electrons. The monoisotopic (exact) mass is 715 g/mol. The van der Waals surface area contributed by atoms with Crippen molar-refractivity contribution in [2.75, 3.05) is 4.90 Å². The Balaban J connectivity index is 1.05. The van der Waals surface area contributed by atoms with Crippen LogP contribution in [0.25, 0.3) is 66.7 Å². The van der Waals surface area contributed by atoms with Crippen molar-refractivity contribution >= 4 is 38.8 Å². The highest BCUT2D eigenvalue weighted by Crippen LogP contribution is 2.50. The van der Waals surface area contributed by atoms with E-state index in [1.54, 1.807) is 0 Å². The predicted molar refractivity (Wildman–Crippen MR) is 234 cm³/mol. The quantitative estimate of drug-likeness (QED) is 0.171. The number of hydrogen-bond donors (Lipinski definition) is 0. The summed E-state index contributed by atoms with van der Waals surface area (Å²) in [5.41, 5.74) is 15.4. The first-order chi connectivity index (χ1) is 27.8. The number of nitrogens with zero attached hydrogens (tertiary/aromatic N) is 3. The second-order valence-electron chi connectivity index (χ2n) is 14.8. The molecule has 9 aromatic rings. The van der Waals surface area contributed by atoms with Gasteiger partial charge in [-0.25, -0.2) is 4.98 Å². The van der Waals surface area contributed by atoms with Gasteiger partial charge in [0, 0.05) is 33.6 Å². The maximum Gasteiger partial charge on any atom is 0.138 e. The molecule has 0 N–H and O–H groups in total. The van der Waals surface area contributed by atoms with Crippen LogP contribution in [-0.2, 0) is 0 Å². The fraction of sp³-hybridized carbons (Fsp3) is 0.0377. The van der Waals surface area contributed by atoms with E-state index in [0.29, 0.717) is 0 Å². The van der Waals surface area contributed by atoms with Crippen LogP contribution in [0.4, 0.5) is 11.4 Å². The summed E-state index contributed by atoms with van der Waals surface area (Å²) in [6.45, 7) is 0. The highest BCUT2D eigenvalue weighted by atomic mass is 15.2. The molecule has 0 fully saturated rings. The molecule has 2 unspecified atom stereocenters. The van der Waals surface area contributed by atoms with Gasteiger partial charge >= 0.3 is 0 Å². The maximum atomic E-state index is 5.34. The van der Waals surface area contributed by atoms with Crippen molar-refractivity contribution in [1.82, 2.24) is 9.55 Å². The molecule has 0 spiro atoms. The number of hydrogen-bond acceptors (Lipinski definition) is 2. The van der Waals surface area contributed by atoms with E-state index >= 15 is 0 Å². The van der Waals surface area contributed by atoms with Crippen LogP contribution in [0.5, 0.6) is 0 Å². The van der Waals surface area contributed by atoms with Crippen molar-refractivity contribution < 1.29 is 0 Å². The van der Waals surface area contributed by atoms with Gasteiger partial charge in [-0.1, -0.05) is 158 Å². The molecule has 56 heavy (non-hydrogen) atoms. The molecule has 2 atom stereocenters. The third-order valence-corrected chi connectivity index (χ3v) is 11.5. The third kappa shape index (κ3) is 5.39. The van der Waals surface area contributed by atoms with E-state index in [0.717, 1.165) is 33.7 Å². The normalized spacial score (nSPS) is 15.9. The summed E-state index contributed by atoms with van der Waals surface area (Å²) >= 11 is 0. The first-order valence-corrected chi connectivity index (χ1v) is 19.4. The number of rotatable bonds is 6. The van der Waals surface area contributed by atoms with Gasteiger partial charge in [-0.15, -0.1) is 0 Å². The van der Waals surface area contributed by atoms with Gasteiger partial charge in [0.1, 0.15) is 5.82 Å². The molecule has 1 aliphatic carbocycles. The number of pyridine rings is 1. The van der Waals surface area contributed by atoms with Crippen LogP contribution in [0, 0.1) is 0 Å². The molecule has 0 bridgehead atoms. The molecule has 0 saturated heterocycles. The van der Waals surface area contributed by atoms with Gasteiger partial charge in [-0.2, -0.15) is 0 Å². The van der Waals surface area contributed by atoms with Crippen molar-refractivity contribution in [2.45, 2.75) is 12.0 Å². The summed E-state index contributed by atoms with van der Waals surface area (Å²) in [6.07, 6.45) is 7.24.